The maximum Gasteiger partial charge on any atom is 0.334 e. The Kier molecular flexibility index (Phi) is 3.62. The van der Waals surface area contributed by atoms with Crippen molar-refractivity contribution in [2.24, 2.45) is 11.3 Å². The molecule has 2 aliphatic rings. The van der Waals surface area contributed by atoms with Gasteiger partial charge in [0.15, 0.2) is 0 Å². The highest BCUT2D eigenvalue weighted by Gasteiger charge is 2.30. The first-order valence-corrected chi connectivity index (χ1v) is 6.61. The predicted molar refractivity (Wildman–Crippen MR) is 69.9 cm³/mol. The second kappa shape index (κ2) is 4.88. The summed E-state index contributed by atoms with van der Waals surface area (Å²) < 4.78 is 4.98. The molecule has 1 aliphatic carbocycles. The smallest absolute Gasteiger partial charge is 0.334 e. The molecule has 3 heteroatoms. The van der Waals surface area contributed by atoms with Gasteiger partial charge in [0.2, 0.25) is 0 Å². The van der Waals surface area contributed by atoms with Crippen molar-refractivity contribution in [3.05, 3.63) is 22.8 Å². The van der Waals surface area contributed by atoms with Crippen LogP contribution in [-0.4, -0.2) is 24.3 Å². The fourth-order valence-corrected chi connectivity index (χ4v) is 2.76. The molecule has 0 saturated carbocycles. The maximum atomic E-state index is 11.6. The van der Waals surface area contributed by atoms with Gasteiger partial charge in [0.25, 0.3) is 0 Å². The standard InChI is InChI=1S/C15H22O3/c1-10(11-4-5-15(2,3)7-11)6-13-12(8-16)9-18-14(13)17/h4,10,16H,5-9H2,1-3H3/t10-/m0/s1. The molecule has 0 aromatic heterocycles. The Morgan fingerprint density at radius 1 is 1.50 bits per heavy atom. The van der Waals surface area contributed by atoms with Crippen molar-refractivity contribution in [1.82, 2.24) is 0 Å². The minimum atomic E-state index is -0.247. The number of aliphatic hydroxyl groups is 1. The first-order valence-electron chi connectivity index (χ1n) is 6.61. The third-order valence-electron chi connectivity index (χ3n) is 3.98. The summed E-state index contributed by atoms with van der Waals surface area (Å²) in [5.74, 6) is 0.109. The summed E-state index contributed by atoms with van der Waals surface area (Å²) in [6.07, 6.45) is 5.22. The molecular formula is C15H22O3. The number of esters is 1. The van der Waals surface area contributed by atoms with Crippen LogP contribution in [0.1, 0.15) is 40.0 Å². The number of hydrogen-bond donors (Lipinski definition) is 1. The van der Waals surface area contributed by atoms with Gasteiger partial charge >= 0.3 is 5.97 Å². The van der Waals surface area contributed by atoms with Crippen molar-refractivity contribution in [2.75, 3.05) is 13.2 Å². The van der Waals surface area contributed by atoms with Crippen LogP contribution in [0.4, 0.5) is 0 Å². The molecule has 1 aliphatic heterocycles. The van der Waals surface area contributed by atoms with Gasteiger partial charge in [-0.3, -0.25) is 0 Å². The highest BCUT2D eigenvalue weighted by atomic mass is 16.5. The van der Waals surface area contributed by atoms with Gasteiger partial charge in [0.1, 0.15) is 6.61 Å². The Hall–Kier alpha value is -1.09. The molecule has 0 aromatic carbocycles. The molecule has 0 bridgehead atoms. The van der Waals surface area contributed by atoms with E-state index in [1.54, 1.807) is 0 Å². The lowest BCUT2D eigenvalue weighted by Gasteiger charge is -2.20. The van der Waals surface area contributed by atoms with Crippen molar-refractivity contribution < 1.29 is 14.6 Å². The number of carbonyl (C=O) groups is 1. The average Bonchev–Trinajstić information content (AvgIpc) is 2.83. The summed E-state index contributed by atoms with van der Waals surface area (Å²) in [6.45, 7) is 6.89. The van der Waals surface area contributed by atoms with Gasteiger partial charge in [-0.25, -0.2) is 4.79 Å². The Morgan fingerprint density at radius 2 is 2.22 bits per heavy atom. The molecule has 0 spiro atoms. The van der Waals surface area contributed by atoms with Crippen molar-refractivity contribution >= 4 is 5.97 Å². The molecule has 0 aromatic rings. The summed E-state index contributed by atoms with van der Waals surface area (Å²) >= 11 is 0. The van der Waals surface area contributed by atoms with Crippen LogP contribution in [0.2, 0.25) is 0 Å². The van der Waals surface area contributed by atoms with E-state index in [0.717, 1.165) is 18.4 Å². The van der Waals surface area contributed by atoms with Crippen LogP contribution >= 0.6 is 0 Å². The number of carbonyl (C=O) groups excluding carboxylic acids is 1. The van der Waals surface area contributed by atoms with E-state index in [1.165, 1.54) is 5.57 Å². The highest BCUT2D eigenvalue weighted by Crippen LogP contribution is 2.41. The highest BCUT2D eigenvalue weighted by molar-refractivity contribution is 5.91. The van der Waals surface area contributed by atoms with Crippen molar-refractivity contribution in [3.63, 3.8) is 0 Å². The first kappa shape index (κ1) is 13.3. The summed E-state index contributed by atoms with van der Waals surface area (Å²) in [5, 5.41) is 9.21. The summed E-state index contributed by atoms with van der Waals surface area (Å²) in [5.41, 5.74) is 3.23. The van der Waals surface area contributed by atoms with Crippen LogP contribution < -0.4 is 0 Å². The molecule has 2 rings (SSSR count). The molecule has 0 unspecified atom stereocenters. The number of cyclic esters (lactones) is 1. The third kappa shape index (κ3) is 2.66. The van der Waals surface area contributed by atoms with Gasteiger partial charge < -0.3 is 9.84 Å². The Labute approximate surface area is 109 Å². The van der Waals surface area contributed by atoms with E-state index < -0.39 is 0 Å². The Bertz CT molecular complexity index is 415. The van der Waals surface area contributed by atoms with Crippen LogP contribution in [-0.2, 0) is 9.53 Å². The number of allylic oxidation sites excluding steroid dienone is 2. The summed E-state index contributed by atoms with van der Waals surface area (Å²) in [6, 6.07) is 0. The van der Waals surface area contributed by atoms with E-state index in [0.29, 0.717) is 23.3 Å². The third-order valence-corrected chi connectivity index (χ3v) is 3.98. The van der Waals surface area contributed by atoms with Gasteiger partial charge in [0.05, 0.1) is 6.61 Å². The molecular weight excluding hydrogens is 228 g/mol. The van der Waals surface area contributed by atoms with Crippen LogP contribution in [0, 0.1) is 11.3 Å². The van der Waals surface area contributed by atoms with E-state index >= 15 is 0 Å². The van der Waals surface area contributed by atoms with Gasteiger partial charge in [0, 0.05) is 11.1 Å². The lowest BCUT2D eigenvalue weighted by atomic mass is 9.85. The average molecular weight is 250 g/mol. The fourth-order valence-electron chi connectivity index (χ4n) is 2.76. The first-order chi connectivity index (χ1) is 8.43. The molecule has 0 fully saturated rings. The minimum Gasteiger partial charge on any atom is -0.458 e. The van der Waals surface area contributed by atoms with Crippen LogP contribution in [0.15, 0.2) is 22.8 Å². The second-order valence-electron chi connectivity index (χ2n) is 6.25. The van der Waals surface area contributed by atoms with E-state index in [9.17, 15) is 9.90 Å². The van der Waals surface area contributed by atoms with Crippen molar-refractivity contribution in [3.8, 4) is 0 Å². The lowest BCUT2D eigenvalue weighted by molar-refractivity contribution is -0.136. The van der Waals surface area contributed by atoms with Crippen LogP contribution in [0.3, 0.4) is 0 Å². The Morgan fingerprint density at radius 3 is 2.78 bits per heavy atom. The molecule has 0 radical (unpaired) electrons. The maximum absolute atomic E-state index is 11.6. The van der Waals surface area contributed by atoms with Crippen LogP contribution in [0.5, 0.6) is 0 Å². The van der Waals surface area contributed by atoms with Crippen LogP contribution in [0.25, 0.3) is 0 Å². The van der Waals surface area contributed by atoms with E-state index in [-0.39, 0.29) is 19.2 Å². The SMILES string of the molecule is C[C@@H](CC1=C(CO)COC1=O)C1=CCC(C)(C)C1. The zero-order chi connectivity index (χ0) is 13.3. The van der Waals surface area contributed by atoms with Gasteiger partial charge in [-0.2, -0.15) is 0 Å². The molecule has 1 N–H and O–H groups in total. The number of aliphatic hydroxyl groups excluding tert-OH is 1. The van der Waals surface area contributed by atoms with E-state index in [2.05, 4.69) is 26.8 Å². The van der Waals surface area contributed by atoms with Gasteiger partial charge in [-0.05, 0) is 30.6 Å². The monoisotopic (exact) mass is 250 g/mol. The Balaban J connectivity index is 2.04. The van der Waals surface area contributed by atoms with E-state index in [1.807, 2.05) is 0 Å². The summed E-state index contributed by atoms with van der Waals surface area (Å²) in [4.78, 5) is 11.6. The zero-order valence-corrected chi connectivity index (χ0v) is 11.5. The molecule has 3 nitrogen and oxygen atoms in total. The molecule has 0 saturated heterocycles. The van der Waals surface area contributed by atoms with Crippen molar-refractivity contribution in [2.45, 2.75) is 40.0 Å². The minimum absolute atomic E-state index is 0.0711. The van der Waals surface area contributed by atoms with E-state index in [4.69, 9.17) is 4.74 Å². The number of hydrogen-bond acceptors (Lipinski definition) is 3. The number of rotatable bonds is 4. The van der Waals surface area contributed by atoms with Crippen molar-refractivity contribution in [1.29, 1.82) is 0 Å². The predicted octanol–water partition coefficient (Wildman–Crippen LogP) is 2.60. The fraction of sp³-hybridized carbons (Fsp3) is 0.667. The normalized spacial score (nSPS) is 24.2. The molecule has 100 valence electrons. The summed E-state index contributed by atoms with van der Waals surface area (Å²) in [7, 11) is 0. The molecule has 1 atom stereocenters. The quantitative estimate of drug-likeness (QED) is 0.616. The topological polar surface area (TPSA) is 46.5 Å². The molecule has 18 heavy (non-hydrogen) atoms. The molecule has 0 amide bonds. The molecule has 1 heterocycles. The van der Waals surface area contributed by atoms with Gasteiger partial charge in [-0.1, -0.05) is 32.4 Å². The largest absolute Gasteiger partial charge is 0.458 e. The lowest BCUT2D eigenvalue weighted by Crippen LogP contribution is -2.10. The second-order valence-corrected chi connectivity index (χ2v) is 6.25. The number of ether oxygens (including phenoxy) is 1. The zero-order valence-electron chi connectivity index (χ0n) is 11.5. The van der Waals surface area contributed by atoms with Gasteiger partial charge in [-0.15, -0.1) is 0 Å².